The van der Waals surface area contributed by atoms with E-state index in [1.807, 2.05) is 11.6 Å². The lowest BCUT2D eigenvalue weighted by molar-refractivity contribution is 0.640. The van der Waals surface area contributed by atoms with Crippen molar-refractivity contribution in [2.45, 2.75) is 20.4 Å². The molecule has 0 fully saturated rings. The minimum Gasteiger partial charge on any atom is -0.329 e. The Morgan fingerprint density at radius 1 is 1.36 bits per heavy atom. The van der Waals surface area contributed by atoms with Gasteiger partial charge in [-0.05, 0) is 25.5 Å². The van der Waals surface area contributed by atoms with Crippen molar-refractivity contribution in [1.82, 2.24) is 9.78 Å². The van der Waals surface area contributed by atoms with Crippen molar-refractivity contribution >= 4 is 10.9 Å². The first-order valence-corrected chi connectivity index (χ1v) is 4.86. The lowest BCUT2D eigenvalue weighted by atomic mass is 10.1. The van der Waals surface area contributed by atoms with Gasteiger partial charge in [-0.1, -0.05) is 12.1 Å². The molecular formula is C11H15N3. The normalized spacial score (nSPS) is 11.1. The highest BCUT2D eigenvalue weighted by atomic mass is 15.3. The molecule has 1 heterocycles. The van der Waals surface area contributed by atoms with E-state index in [9.17, 15) is 0 Å². The molecule has 3 nitrogen and oxygen atoms in total. The van der Waals surface area contributed by atoms with E-state index >= 15 is 0 Å². The molecule has 74 valence electrons. The van der Waals surface area contributed by atoms with Crippen LogP contribution in [0, 0.1) is 13.8 Å². The number of aryl methyl sites for hydroxylation is 2. The largest absolute Gasteiger partial charge is 0.329 e. The van der Waals surface area contributed by atoms with Crippen LogP contribution < -0.4 is 5.73 Å². The second-order valence-electron chi connectivity index (χ2n) is 3.62. The Bertz CT molecular complexity index is 457. The van der Waals surface area contributed by atoms with Gasteiger partial charge in [-0.2, -0.15) is 5.10 Å². The number of rotatable bonds is 2. The quantitative estimate of drug-likeness (QED) is 0.780. The summed E-state index contributed by atoms with van der Waals surface area (Å²) in [5.74, 6) is 0. The zero-order chi connectivity index (χ0) is 10.1. The zero-order valence-electron chi connectivity index (χ0n) is 8.62. The standard InChI is InChI=1S/C11H15N3/c1-8-3-4-10-9(2)13-14(6-5-12)11(10)7-8/h3-4,7H,5-6,12H2,1-2H3. The molecule has 0 aliphatic rings. The molecule has 0 saturated heterocycles. The van der Waals surface area contributed by atoms with Crippen LogP contribution in [0.25, 0.3) is 10.9 Å². The van der Waals surface area contributed by atoms with Gasteiger partial charge in [-0.25, -0.2) is 0 Å². The van der Waals surface area contributed by atoms with Crippen LogP contribution in [0.2, 0.25) is 0 Å². The Morgan fingerprint density at radius 2 is 2.14 bits per heavy atom. The average Bonchev–Trinajstić information content (AvgIpc) is 2.44. The number of fused-ring (bicyclic) bond motifs is 1. The molecule has 0 aliphatic heterocycles. The first kappa shape index (κ1) is 9.21. The van der Waals surface area contributed by atoms with Crippen LogP contribution in [-0.4, -0.2) is 16.3 Å². The Balaban J connectivity index is 2.66. The van der Waals surface area contributed by atoms with E-state index in [1.165, 1.54) is 16.5 Å². The molecule has 3 heteroatoms. The molecule has 14 heavy (non-hydrogen) atoms. The molecule has 0 amide bonds. The van der Waals surface area contributed by atoms with E-state index in [1.54, 1.807) is 0 Å². The van der Waals surface area contributed by atoms with Crippen molar-refractivity contribution in [3.8, 4) is 0 Å². The van der Waals surface area contributed by atoms with Crippen molar-refractivity contribution in [3.05, 3.63) is 29.5 Å². The molecule has 2 rings (SSSR count). The van der Waals surface area contributed by atoms with Crippen LogP contribution >= 0.6 is 0 Å². The number of hydrogen-bond donors (Lipinski definition) is 1. The smallest absolute Gasteiger partial charge is 0.0688 e. The molecule has 0 aliphatic carbocycles. The van der Waals surface area contributed by atoms with E-state index in [0.717, 1.165) is 12.2 Å². The maximum atomic E-state index is 5.54. The molecule has 0 unspecified atom stereocenters. The van der Waals surface area contributed by atoms with Crippen LogP contribution in [0.4, 0.5) is 0 Å². The highest BCUT2D eigenvalue weighted by Crippen LogP contribution is 2.18. The van der Waals surface area contributed by atoms with E-state index in [2.05, 4.69) is 30.2 Å². The molecular weight excluding hydrogens is 174 g/mol. The van der Waals surface area contributed by atoms with Gasteiger partial charge >= 0.3 is 0 Å². The summed E-state index contributed by atoms with van der Waals surface area (Å²) in [6.45, 7) is 5.54. The van der Waals surface area contributed by atoms with Crippen molar-refractivity contribution < 1.29 is 0 Å². The van der Waals surface area contributed by atoms with Gasteiger partial charge in [0.1, 0.15) is 0 Å². The minimum absolute atomic E-state index is 0.629. The molecule has 2 aromatic rings. The predicted octanol–water partition coefficient (Wildman–Crippen LogP) is 1.61. The van der Waals surface area contributed by atoms with Crippen LogP contribution in [-0.2, 0) is 6.54 Å². The predicted molar refractivity (Wildman–Crippen MR) is 58.3 cm³/mol. The SMILES string of the molecule is Cc1ccc2c(C)nn(CCN)c2c1. The third kappa shape index (κ3) is 1.40. The molecule has 1 aromatic carbocycles. The Kier molecular flexibility index (Phi) is 2.25. The van der Waals surface area contributed by atoms with Crippen LogP contribution in [0.1, 0.15) is 11.3 Å². The van der Waals surface area contributed by atoms with Crippen LogP contribution in [0.15, 0.2) is 18.2 Å². The van der Waals surface area contributed by atoms with Gasteiger partial charge in [0.05, 0.1) is 17.8 Å². The number of aromatic nitrogens is 2. The Hall–Kier alpha value is -1.35. The fourth-order valence-corrected chi connectivity index (χ4v) is 1.74. The monoisotopic (exact) mass is 189 g/mol. The summed E-state index contributed by atoms with van der Waals surface area (Å²) in [5.41, 5.74) is 9.06. The molecule has 0 radical (unpaired) electrons. The molecule has 2 N–H and O–H groups in total. The van der Waals surface area contributed by atoms with Gasteiger partial charge in [0.25, 0.3) is 0 Å². The summed E-state index contributed by atoms with van der Waals surface area (Å²) in [4.78, 5) is 0. The maximum absolute atomic E-state index is 5.54. The summed E-state index contributed by atoms with van der Waals surface area (Å²) in [5, 5.41) is 5.68. The van der Waals surface area contributed by atoms with E-state index < -0.39 is 0 Å². The maximum Gasteiger partial charge on any atom is 0.0688 e. The summed E-state index contributed by atoms with van der Waals surface area (Å²) < 4.78 is 1.98. The summed E-state index contributed by atoms with van der Waals surface area (Å²) >= 11 is 0. The fraction of sp³-hybridized carbons (Fsp3) is 0.364. The Labute approximate surface area is 83.5 Å². The fourth-order valence-electron chi connectivity index (χ4n) is 1.74. The number of nitrogens with two attached hydrogens (primary N) is 1. The van der Waals surface area contributed by atoms with Gasteiger partial charge in [0.2, 0.25) is 0 Å². The molecule has 1 aromatic heterocycles. The first-order valence-electron chi connectivity index (χ1n) is 4.86. The van der Waals surface area contributed by atoms with Gasteiger partial charge in [-0.3, -0.25) is 4.68 Å². The molecule has 0 bridgehead atoms. The summed E-state index contributed by atoms with van der Waals surface area (Å²) in [6.07, 6.45) is 0. The second-order valence-corrected chi connectivity index (χ2v) is 3.62. The highest BCUT2D eigenvalue weighted by molar-refractivity contribution is 5.82. The van der Waals surface area contributed by atoms with Crippen molar-refractivity contribution in [2.24, 2.45) is 5.73 Å². The van der Waals surface area contributed by atoms with Crippen LogP contribution in [0.3, 0.4) is 0 Å². The Morgan fingerprint density at radius 3 is 2.86 bits per heavy atom. The van der Waals surface area contributed by atoms with E-state index in [4.69, 9.17) is 5.73 Å². The lowest BCUT2D eigenvalue weighted by Gasteiger charge is -2.00. The average molecular weight is 189 g/mol. The third-order valence-corrected chi connectivity index (χ3v) is 2.43. The lowest BCUT2D eigenvalue weighted by Crippen LogP contribution is -2.10. The highest BCUT2D eigenvalue weighted by Gasteiger charge is 2.05. The second kappa shape index (κ2) is 3.42. The van der Waals surface area contributed by atoms with Gasteiger partial charge in [0, 0.05) is 11.9 Å². The van der Waals surface area contributed by atoms with Crippen molar-refractivity contribution in [1.29, 1.82) is 0 Å². The van der Waals surface area contributed by atoms with Gasteiger partial charge in [-0.15, -0.1) is 0 Å². The minimum atomic E-state index is 0.629. The third-order valence-electron chi connectivity index (χ3n) is 2.43. The number of hydrogen-bond acceptors (Lipinski definition) is 2. The topological polar surface area (TPSA) is 43.8 Å². The van der Waals surface area contributed by atoms with E-state index in [0.29, 0.717) is 6.54 Å². The van der Waals surface area contributed by atoms with Gasteiger partial charge < -0.3 is 5.73 Å². The number of benzene rings is 1. The van der Waals surface area contributed by atoms with Crippen molar-refractivity contribution in [2.75, 3.05) is 6.54 Å². The number of nitrogens with zero attached hydrogens (tertiary/aromatic N) is 2. The molecule has 0 saturated carbocycles. The molecule has 0 atom stereocenters. The van der Waals surface area contributed by atoms with Crippen LogP contribution in [0.5, 0.6) is 0 Å². The molecule has 0 spiro atoms. The summed E-state index contributed by atoms with van der Waals surface area (Å²) in [7, 11) is 0. The van der Waals surface area contributed by atoms with Gasteiger partial charge in [0.15, 0.2) is 0 Å². The first-order chi connectivity index (χ1) is 6.72. The van der Waals surface area contributed by atoms with E-state index in [-0.39, 0.29) is 0 Å². The zero-order valence-corrected chi connectivity index (χ0v) is 8.62. The van der Waals surface area contributed by atoms with Crippen molar-refractivity contribution in [3.63, 3.8) is 0 Å². The summed E-state index contributed by atoms with van der Waals surface area (Å²) in [6, 6.07) is 6.40.